The lowest BCUT2D eigenvalue weighted by molar-refractivity contribution is 0.762. The van der Waals surface area contributed by atoms with Gasteiger partial charge < -0.3 is 0 Å². The van der Waals surface area contributed by atoms with Gasteiger partial charge in [0.05, 0.1) is 0 Å². The van der Waals surface area contributed by atoms with E-state index in [4.69, 9.17) is 0 Å². The predicted octanol–water partition coefficient (Wildman–Crippen LogP) is 5.20. The molecule has 0 aromatic rings. The Kier molecular flexibility index (Phi) is 12.1. The summed E-state index contributed by atoms with van der Waals surface area (Å²) >= 11 is 0. The Morgan fingerprint density at radius 2 is 1.33 bits per heavy atom. The molecule has 0 aromatic carbocycles. The van der Waals surface area contributed by atoms with Crippen molar-refractivity contribution in [2.45, 2.75) is 46.0 Å². The second-order valence-corrected chi connectivity index (χ2v) is 3.50. The Balaban J connectivity index is 3.31. The minimum absolute atomic E-state index is 1.11. The van der Waals surface area contributed by atoms with Crippen LogP contribution in [0.1, 0.15) is 46.0 Å². The molecule has 0 heteroatoms. The highest BCUT2D eigenvalue weighted by Gasteiger charge is 1.81. The first kappa shape index (κ1) is 14.0. The van der Waals surface area contributed by atoms with Gasteiger partial charge in [-0.05, 0) is 39.0 Å². The van der Waals surface area contributed by atoms with Crippen molar-refractivity contribution in [1.82, 2.24) is 0 Å². The molecule has 0 aliphatic heterocycles. The molecule has 0 nitrogen and oxygen atoms in total. The molecule has 15 heavy (non-hydrogen) atoms. The van der Waals surface area contributed by atoms with Crippen molar-refractivity contribution in [1.29, 1.82) is 0 Å². The summed E-state index contributed by atoms with van der Waals surface area (Å²) < 4.78 is 0. The lowest BCUT2D eigenvalue weighted by Crippen LogP contribution is -1.71. The summed E-state index contributed by atoms with van der Waals surface area (Å²) in [7, 11) is 0. The molecule has 0 heterocycles. The second kappa shape index (κ2) is 13.0. The van der Waals surface area contributed by atoms with Crippen LogP contribution in [0, 0.1) is 0 Å². The van der Waals surface area contributed by atoms with Gasteiger partial charge in [-0.3, -0.25) is 0 Å². The van der Waals surface area contributed by atoms with Gasteiger partial charge in [-0.2, -0.15) is 0 Å². The van der Waals surface area contributed by atoms with Gasteiger partial charge in [-0.25, -0.2) is 0 Å². The highest BCUT2D eigenvalue weighted by molar-refractivity contribution is 5.10. The van der Waals surface area contributed by atoms with Crippen LogP contribution in [-0.4, -0.2) is 0 Å². The smallest absolute Gasteiger partial charge is 0.0347 e. The van der Waals surface area contributed by atoms with Crippen molar-refractivity contribution in [3.63, 3.8) is 0 Å². The SMILES string of the molecule is CC=CCCCCC=CC=CC=CCC. The molecule has 0 aliphatic rings. The van der Waals surface area contributed by atoms with E-state index in [0.717, 1.165) is 6.42 Å². The van der Waals surface area contributed by atoms with Crippen molar-refractivity contribution in [2.75, 3.05) is 0 Å². The minimum Gasteiger partial charge on any atom is -0.0917 e. The number of hydrogen-bond donors (Lipinski definition) is 0. The molecule has 0 N–H and O–H groups in total. The quantitative estimate of drug-likeness (QED) is 0.289. The van der Waals surface area contributed by atoms with E-state index in [-0.39, 0.29) is 0 Å². The highest BCUT2D eigenvalue weighted by atomic mass is 13.9. The van der Waals surface area contributed by atoms with Gasteiger partial charge >= 0.3 is 0 Å². The monoisotopic (exact) mass is 204 g/mol. The van der Waals surface area contributed by atoms with Gasteiger partial charge in [0.2, 0.25) is 0 Å². The molecule has 0 saturated heterocycles. The molecular weight excluding hydrogens is 180 g/mol. The average Bonchev–Trinajstić information content (AvgIpc) is 2.26. The highest BCUT2D eigenvalue weighted by Crippen LogP contribution is 2.01. The normalized spacial score (nSPS) is 12.9. The number of allylic oxidation sites excluding steroid dienone is 8. The van der Waals surface area contributed by atoms with Crippen molar-refractivity contribution in [3.8, 4) is 0 Å². The minimum atomic E-state index is 1.11. The molecule has 0 fully saturated rings. The van der Waals surface area contributed by atoms with E-state index in [9.17, 15) is 0 Å². The van der Waals surface area contributed by atoms with Gasteiger partial charge in [-0.15, -0.1) is 0 Å². The van der Waals surface area contributed by atoms with Crippen LogP contribution in [0.25, 0.3) is 0 Å². The number of hydrogen-bond acceptors (Lipinski definition) is 0. The fourth-order valence-electron chi connectivity index (χ4n) is 1.21. The summed E-state index contributed by atoms with van der Waals surface area (Å²) in [4.78, 5) is 0. The molecule has 0 bridgehead atoms. The topological polar surface area (TPSA) is 0 Å². The lowest BCUT2D eigenvalue weighted by atomic mass is 10.2. The Bertz CT molecular complexity index is 216. The van der Waals surface area contributed by atoms with Crippen molar-refractivity contribution in [2.24, 2.45) is 0 Å². The first-order valence-corrected chi connectivity index (χ1v) is 6.01. The molecule has 0 unspecified atom stereocenters. The standard InChI is InChI=1S/C15H24/c1-3-5-7-9-11-13-15-14-12-10-8-6-4-2/h3,5-6,8,10,12,14-15H,4,7,9,11,13H2,1-2H3. The molecular formula is C15H24. The zero-order chi connectivity index (χ0) is 11.2. The third-order valence-electron chi connectivity index (χ3n) is 2.07. The van der Waals surface area contributed by atoms with Gasteiger partial charge in [0, 0.05) is 0 Å². The van der Waals surface area contributed by atoms with Crippen LogP contribution in [-0.2, 0) is 0 Å². The maximum Gasteiger partial charge on any atom is -0.0347 e. The molecule has 0 atom stereocenters. The van der Waals surface area contributed by atoms with Crippen LogP contribution in [0.15, 0.2) is 48.6 Å². The van der Waals surface area contributed by atoms with Crippen LogP contribution in [0.2, 0.25) is 0 Å². The molecule has 0 spiro atoms. The molecule has 0 saturated carbocycles. The van der Waals surface area contributed by atoms with Crippen molar-refractivity contribution < 1.29 is 0 Å². The van der Waals surface area contributed by atoms with E-state index in [1.54, 1.807) is 0 Å². The van der Waals surface area contributed by atoms with Crippen LogP contribution in [0.5, 0.6) is 0 Å². The zero-order valence-corrected chi connectivity index (χ0v) is 10.2. The van der Waals surface area contributed by atoms with E-state index in [1.807, 2.05) is 0 Å². The summed E-state index contributed by atoms with van der Waals surface area (Å²) in [6.07, 6.45) is 23.3. The Hall–Kier alpha value is -1.04. The lowest BCUT2D eigenvalue weighted by Gasteiger charge is -1.91. The van der Waals surface area contributed by atoms with Crippen molar-refractivity contribution in [3.05, 3.63) is 48.6 Å². The van der Waals surface area contributed by atoms with Crippen LogP contribution < -0.4 is 0 Å². The molecule has 0 aromatic heterocycles. The molecule has 0 rings (SSSR count). The Labute approximate surface area is 95.1 Å². The third-order valence-corrected chi connectivity index (χ3v) is 2.07. The Morgan fingerprint density at radius 1 is 0.733 bits per heavy atom. The second-order valence-electron chi connectivity index (χ2n) is 3.50. The largest absolute Gasteiger partial charge is 0.0917 e. The van der Waals surface area contributed by atoms with Crippen LogP contribution in [0.4, 0.5) is 0 Å². The zero-order valence-electron chi connectivity index (χ0n) is 10.2. The summed E-state index contributed by atoms with van der Waals surface area (Å²) in [5, 5.41) is 0. The van der Waals surface area contributed by atoms with E-state index >= 15 is 0 Å². The summed E-state index contributed by atoms with van der Waals surface area (Å²) in [6, 6.07) is 0. The predicted molar refractivity (Wildman–Crippen MR) is 71.0 cm³/mol. The molecule has 0 radical (unpaired) electrons. The van der Waals surface area contributed by atoms with E-state index in [2.05, 4.69) is 62.5 Å². The van der Waals surface area contributed by atoms with Crippen molar-refractivity contribution >= 4 is 0 Å². The molecule has 0 aliphatic carbocycles. The summed E-state index contributed by atoms with van der Waals surface area (Å²) in [5.41, 5.74) is 0. The van der Waals surface area contributed by atoms with Gasteiger partial charge in [0.25, 0.3) is 0 Å². The van der Waals surface area contributed by atoms with E-state index < -0.39 is 0 Å². The number of unbranched alkanes of at least 4 members (excludes halogenated alkanes) is 3. The van der Waals surface area contributed by atoms with E-state index in [1.165, 1.54) is 25.7 Å². The molecule has 0 amide bonds. The van der Waals surface area contributed by atoms with Gasteiger partial charge in [0.15, 0.2) is 0 Å². The summed E-state index contributed by atoms with van der Waals surface area (Å²) in [6.45, 7) is 4.22. The third kappa shape index (κ3) is 13.0. The fraction of sp³-hybridized carbons (Fsp3) is 0.467. The number of rotatable bonds is 8. The first-order chi connectivity index (χ1) is 7.41. The molecule has 84 valence electrons. The van der Waals surface area contributed by atoms with Crippen LogP contribution >= 0.6 is 0 Å². The maximum atomic E-state index is 2.24. The summed E-state index contributed by atoms with van der Waals surface area (Å²) in [5.74, 6) is 0. The van der Waals surface area contributed by atoms with Gasteiger partial charge in [-0.1, -0.05) is 55.5 Å². The average molecular weight is 204 g/mol. The van der Waals surface area contributed by atoms with Gasteiger partial charge in [0.1, 0.15) is 0 Å². The van der Waals surface area contributed by atoms with E-state index in [0.29, 0.717) is 0 Å². The van der Waals surface area contributed by atoms with Crippen LogP contribution in [0.3, 0.4) is 0 Å². The maximum absolute atomic E-state index is 2.24. The first-order valence-electron chi connectivity index (χ1n) is 6.01. The fourth-order valence-corrected chi connectivity index (χ4v) is 1.21. The Morgan fingerprint density at radius 3 is 1.93 bits per heavy atom.